The van der Waals surface area contributed by atoms with Crippen LogP contribution in [0.25, 0.3) is 0 Å². The van der Waals surface area contributed by atoms with Crippen molar-refractivity contribution in [2.24, 2.45) is 0 Å². The van der Waals surface area contributed by atoms with Crippen molar-refractivity contribution in [3.63, 3.8) is 0 Å². The average Bonchev–Trinajstić information content (AvgIpc) is 2.35. The van der Waals surface area contributed by atoms with Crippen LogP contribution in [0.2, 0.25) is 5.02 Å². The van der Waals surface area contributed by atoms with Gasteiger partial charge in [0.25, 0.3) is 10.0 Å². The van der Waals surface area contributed by atoms with Crippen LogP contribution in [-0.2, 0) is 10.0 Å². The minimum absolute atomic E-state index is 0.241. The van der Waals surface area contributed by atoms with Crippen LogP contribution in [0.5, 0.6) is 0 Å². The Morgan fingerprint density at radius 3 is 2.45 bits per heavy atom. The Labute approximate surface area is 117 Å². The molecule has 0 unspecified atom stereocenters. The lowest BCUT2D eigenvalue weighted by Crippen LogP contribution is -2.15. The van der Waals surface area contributed by atoms with Crippen LogP contribution in [0.15, 0.2) is 35.2 Å². The summed E-state index contributed by atoms with van der Waals surface area (Å²) in [6, 6.07) is 4.32. The zero-order chi connectivity index (χ0) is 14.9. The zero-order valence-electron chi connectivity index (χ0n) is 9.57. The van der Waals surface area contributed by atoms with Gasteiger partial charge in [0.2, 0.25) is 11.9 Å². The van der Waals surface area contributed by atoms with E-state index in [-0.39, 0.29) is 5.02 Å². The first-order valence-corrected chi connectivity index (χ1v) is 6.95. The summed E-state index contributed by atoms with van der Waals surface area (Å²) in [5, 5.41) is -0.241. The Balaban J connectivity index is 2.43. The minimum Gasteiger partial charge on any atom is -0.275 e. The molecule has 0 radical (unpaired) electrons. The van der Waals surface area contributed by atoms with Crippen molar-refractivity contribution < 1.29 is 21.6 Å². The Morgan fingerprint density at radius 2 is 1.80 bits per heavy atom. The fraction of sp³-hybridized carbons (Fsp3) is 0. The molecule has 2 aromatic rings. The molecule has 0 saturated heterocycles. The second-order valence-corrected chi connectivity index (χ2v) is 5.71. The van der Waals surface area contributed by atoms with E-state index in [4.69, 9.17) is 11.6 Å². The van der Waals surface area contributed by atoms with E-state index >= 15 is 0 Å². The molecule has 0 aliphatic carbocycles. The zero-order valence-corrected chi connectivity index (χ0v) is 11.1. The monoisotopic (exact) mass is 322 g/mol. The number of benzene rings is 1. The molecule has 1 aromatic heterocycles. The van der Waals surface area contributed by atoms with Crippen molar-refractivity contribution in [1.29, 1.82) is 0 Å². The minimum atomic E-state index is -4.33. The maximum absolute atomic E-state index is 13.3. The van der Waals surface area contributed by atoms with Gasteiger partial charge in [-0.15, -0.1) is 0 Å². The van der Waals surface area contributed by atoms with Gasteiger partial charge in [0, 0.05) is 0 Å². The van der Waals surface area contributed by atoms with E-state index in [1.807, 2.05) is 4.72 Å². The van der Waals surface area contributed by atoms with E-state index in [1.165, 1.54) is 0 Å². The number of sulfonamides is 1. The predicted octanol–water partition coefficient (Wildman–Crippen LogP) is 2.95. The molecule has 2 rings (SSSR count). The number of rotatable bonds is 3. The normalized spacial score (nSPS) is 11.4. The maximum Gasteiger partial charge on any atom is 0.263 e. The van der Waals surface area contributed by atoms with E-state index in [1.54, 1.807) is 0 Å². The van der Waals surface area contributed by atoms with E-state index in [2.05, 4.69) is 4.98 Å². The van der Waals surface area contributed by atoms with Crippen LogP contribution < -0.4 is 4.72 Å². The van der Waals surface area contributed by atoms with Crippen molar-refractivity contribution in [3.8, 4) is 0 Å². The second kappa shape index (κ2) is 5.29. The molecule has 0 amide bonds. The molecule has 0 atom stereocenters. The van der Waals surface area contributed by atoms with Crippen molar-refractivity contribution in [3.05, 3.63) is 53.1 Å². The summed E-state index contributed by atoms with van der Waals surface area (Å²) in [5.74, 6) is -3.28. The Morgan fingerprint density at radius 1 is 1.10 bits per heavy atom. The third kappa shape index (κ3) is 3.02. The Kier molecular flexibility index (Phi) is 3.87. The molecule has 0 bridgehead atoms. The van der Waals surface area contributed by atoms with Crippen LogP contribution in [0, 0.1) is 17.7 Å². The van der Waals surface area contributed by atoms with E-state index < -0.39 is 38.3 Å². The number of nitrogens with one attached hydrogen (secondary N) is 1. The standard InChI is InChI=1S/C11H6ClF3N2O2S/c12-7-2-1-6(13)5-9(7)20(18,19)17-8-3-4-10(14)16-11(8)15/h1-5,17H. The highest BCUT2D eigenvalue weighted by Crippen LogP contribution is 2.25. The van der Waals surface area contributed by atoms with E-state index in [0.717, 1.165) is 24.3 Å². The number of anilines is 1. The molecule has 9 heteroatoms. The molecule has 20 heavy (non-hydrogen) atoms. The van der Waals surface area contributed by atoms with Crippen LogP contribution in [-0.4, -0.2) is 13.4 Å². The largest absolute Gasteiger partial charge is 0.275 e. The Hall–Kier alpha value is -1.80. The smallest absolute Gasteiger partial charge is 0.263 e. The van der Waals surface area contributed by atoms with Crippen LogP contribution >= 0.6 is 11.6 Å². The van der Waals surface area contributed by atoms with E-state index in [9.17, 15) is 21.6 Å². The number of halogens is 4. The van der Waals surface area contributed by atoms with Crippen molar-refractivity contribution in [1.82, 2.24) is 4.98 Å². The number of hydrogen-bond acceptors (Lipinski definition) is 3. The quantitative estimate of drug-likeness (QED) is 0.884. The van der Waals surface area contributed by atoms with Gasteiger partial charge in [0.05, 0.1) is 5.02 Å². The van der Waals surface area contributed by atoms with Crippen molar-refractivity contribution >= 4 is 27.3 Å². The summed E-state index contributed by atoms with van der Waals surface area (Å²) >= 11 is 5.66. The SMILES string of the molecule is O=S(=O)(Nc1ccc(F)nc1F)c1cc(F)ccc1Cl. The molecule has 0 spiro atoms. The Bertz CT molecular complexity index is 768. The molecule has 106 valence electrons. The van der Waals surface area contributed by atoms with Crippen molar-refractivity contribution in [2.75, 3.05) is 4.72 Å². The fourth-order valence-electron chi connectivity index (χ4n) is 1.37. The molecular weight excluding hydrogens is 317 g/mol. The average molecular weight is 323 g/mol. The summed E-state index contributed by atoms with van der Waals surface area (Å²) in [4.78, 5) is 2.26. The first kappa shape index (κ1) is 14.6. The molecule has 0 saturated carbocycles. The summed E-state index contributed by atoms with van der Waals surface area (Å²) < 4.78 is 64.7. The number of nitrogens with zero attached hydrogens (tertiary/aromatic N) is 1. The number of pyridine rings is 1. The summed E-state index contributed by atoms with van der Waals surface area (Å²) in [7, 11) is -4.33. The van der Waals surface area contributed by atoms with Crippen molar-refractivity contribution in [2.45, 2.75) is 4.90 Å². The summed E-state index contributed by atoms with van der Waals surface area (Å²) in [5.41, 5.74) is -0.577. The first-order chi connectivity index (χ1) is 9.29. The first-order valence-electron chi connectivity index (χ1n) is 5.09. The lowest BCUT2D eigenvalue weighted by molar-refractivity contribution is 0.515. The van der Waals surface area contributed by atoms with Gasteiger partial charge in [-0.3, -0.25) is 4.72 Å². The molecule has 1 N–H and O–H groups in total. The molecule has 1 heterocycles. The third-order valence-corrected chi connectivity index (χ3v) is 4.09. The van der Waals surface area contributed by atoms with Crippen LogP contribution in [0.4, 0.5) is 18.9 Å². The summed E-state index contributed by atoms with van der Waals surface area (Å²) in [6.07, 6.45) is 0. The third-order valence-electron chi connectivity index (χ3n) is 2.24. The number of hydrogen-bond donors (Lipinski definition) is 1. The van der Waals surface area contributed by atoms with Gasteiger partial charge in [-0.05, 0) is 30.3 Å². The van der Waals surface area contributed by atoms with Gasteiger partial charge in [0.15, 0.2) is 0 Å². The van der Waals surface area contributed by atoms with Crippen LogP contribution in [0.1, 0.15) is 0 Å². The number of aromatic nitrogens is 1. The molecule has 4 nitrogen and oxygen atoms in total. The summed E-state index contributed by atoms with van der Waals surface area (Å²) in [6.45, 7) is 0. The lowest BCUT2D eigenvalue weighted by Gasteiger charge is -2.09. The van der Waals surface area contributed by atoms with Crippen LogP contribution in [0.3, 0.4) is 0 Å². The topological polar surface area (TPSA) is 59.1 Å². The highest BCUT2D eigenvalue weighted by molar-refractivity contribution is 7.92. The van der Waals surface area contributed by atoms with Gasteiger partial charge in [0.1, 0.15) is 16.4 Å². The molecule has 0 aliphatic heterocycles. The fourth-order valence-corrected chi connectivity index (χ4v) is 2.94. The predicted molar refractivity (Wildman–Crippen MR) is 66.4 cm³/mol. The van der Waals surface area contributed by atoms with Gasteiger partial charge in [-0.2, -0.15) is 13.8 Å². The van der Waals surface area contributed by atoms with Gasteiger partial charge >= 0.3 is 0 Å². The van der Waals surface area contributed by atoms with Gasteiger partial charge < -0.3 is 0 Å². The molecule has 1 aromatic carbocycles. The maximum atomic E-state index is 13.3. The highest BCUT2D eigenvalue weighted by atomic mass is 35.5. The molecule has 0 aliphatic rings. The molecular formula is C11H6ClF3N2O2S. The highest BCUT2D eigenvalue weighted by Gasteiger charge is 2.21. The van der Waals surface area contributed by atoms with Gasteiger partial charge in [-0.1, -0.05) is 11.6 Å². The lowest BCUT2D eigenvalue weighted by atomic mass is 10.3. The second-order valence-electron chi connectivity index (χ2n) is 3.65. The van der Waals surface area contributed by atoms with E-state index in [0.29, 0.717) is 6.07 Å². The van der Waals surface area contributed by atoms with Gasteiger partial charge in [-0.25, -0.2) is 12.8 Å². The molecule has 0 fully saturated rings.